The molecule has 1 aliphatic rings. The molecule has 1 amide bonds. The average molecular weight is 382 g/mol. The molecule has 3 rings (SSSR count). The summed E-state index contributed by atoms with van der Waals surface area (Å²) in [5, 5.41) is 9.33. The Balaban J connectivity index is 1.64. The fourth-order valence-corrected chi connectivity index (χ4v) is 3.66. The van der Waals surface area contributed by atoms with Crippen LogP contribution in [-0.4, -0.2) is 56.7 Å². The van der Waals surface area contributed by atoms with Gasteiger partial charge in [-0.05, 0) is 38.1 Å². The number of thioether (sulfide) groups is 1. The quantitative estimate of drug-likeness (QED) is 0.644. The lowest BCUT2D eigenvalue weighted by molar-refractivity contribution is -0.140. The Morgan fingerprint density at radius 2 is 1.92 bits per heavy atom. The van der Waals surface area contributed by atoms with Crippen molar-refractivity contribution in [1.82, 2.24) is 19.8 Å². The molecular weight excluding hydrogens is 362 g/mol. The molecule has 0 spiro atoms. The maximum Gasteiger partial charge on any atom is 0.233 e. The molecule has 7 nitrogen and oxygen atoms in total. The topological polar surface area (TPSA) is 86.3 Å². The second-order valence-electron chi connectivity index (χ2n) is 6.03. The van der Waals surface area contributed by atoms with Gasteiger partial charge in [0, 0.05) is 23.7 Å². The number of ether oxygens (including phenoxy) is 1. The van der Waals surface area contributed by atoms with Gasteiger partial charge in [-0.1, -0.05) is 23.4 Å². The number of nitrogens with zero attached hydrogens (tertiary/aromatic N) is 4. The third kappa shape index (κ3) is 4.26. The van der Waals surface area contributed by atoms with Crippen molar-refractivity contribution in [2.45, 2.75) is 31.2 Å². The summed E-state index contributed by atoms with van der Waals surface area (Å²) in [6.07, 6.45) is 0.0970. The van der Waals surface area contributed by atoms with Crippen LogP contribution < -0.4 is 5.84 Å². The van der Waals surface area contributed by atoms with E-state index in [1.807, 2.05) is 30.9 Å². The minimum absolute atomic E-state index is 0.0445. The summed E-state index contributed by atoms with van der Waals surface area (Å²) in [7, 11) is 0. The second kappa shape index (κ2) is 7.63. The van der Waals surface area contributed by atoms with E-state index >= 15 is 0 Å². The number of rotatable bonds is 4. The lowest BCUT2D eigenvalue weighted by atomic mass is 10.2. The Hall–Kier alpha value is -1.77. The minimum atomic E-state index is 0.0445. The highest BCUT2D eigenvalue weighted by Gasteiger charge is 2.26. The Kier molecular flexibility index (Phi) is 5.51. The number of nitrogens with two attached hydrogens (primary N) is 1. The van der Waals surface area contributed by atoms with Gasteiger partial charge in [-0.15, -0.1) is 10.2 Å². The molecule has 0 bridgehead atoms. The summed E-state index contributed by atoms with van der Waals surface area (Å²) in [5.41, 5.74) is 0.813. The normalized spacial score (nSPS) is 20.7. The maximum absolute atomic E-state index is 12.4. The zero-order valence-corrected chi connectivity index (χ0v) is 15.6. The standard InChI is InChI=1S/C16H20ClN5O2S/c1-10-7-21(8-11(2)24-10)14(23)9-25-16-20-19-15(22(16)18)12-3-5-13(17)6-4-12/h3-6,10-11H,7-9,18H2,1-2H3. The van der Waals surface area contributed by atoms with Crippen LogP contribution in [0.2, 0.25) is 5.02 Å². The SMILES string of the molecule is CC1CN(C(=O)CSc2nnc(-c3ccc(Cl)cc3)n2N)CC(C)O1. The van der Waals surface area contributed by atoms with Crippen molar-refractivity contribution < 1.29 is 9.53 Å². The summed E-state index contributed by atoms with van der Waals surface area (Å²) in [5.74, 6) is 6.91. The smallest absolute Gasteiger partial charge is 0.233 e. The number of carbonyl (C=O) groups excluding carboxylic acids is 1. The highest BCUT2D eigenvalue weighted by molar-refractivity contribution is 7.99. The summed E-state index contributed by atoms with van der Waals surface area (Å²) in [6, 6.07) is 7.18. The number of nitrogen functional groups attached to an aromatic ring is 1. The molecule has 25 heavy (non-hydrogen) atoms. The van der Waals surface area contributed by atoms with Crippen LogP contribution in [0.3, 0.4) is 0 Å². The van der Waals surface area contributed by atoms with Gasteiger partial charge in [-0.3, -0.25) is 4.79 Å². The number of morpholine rings is 1. The van der Waals surface area contributed by atoms with E-state index in [1.165, 1.54) is 16.4 Å². The van der Waals surface area contributed by atoms with Gasteiger partial charge in [0.05, 0.1) is 18.0 Å². The van der Waals surface area contributed by atoms with Crippen LogP contribution in [-0.2, 0) is 9.53 Å². The molecule has 0 aliphatic carbocycles. The summed E-state index contributed by atoms with van der Waals surface area (Å²) in [6.45, 7) is 5.15. The van der Waals surface area contributed by atoms with Crippen molar-refractivity contribution in [2.24, 2.45) is 0 Å². The van der Waals surface area contributed by atoms with Gasteiger partial charge in [-0.25, -0.2) is 4.68 Å². The fraction of sp³-hybridized carbons (Fsp3) is 0.438. The fourth-order valence-electron chi connectivity index (χ4n) is 2.77. The zero-order chi connectivity index (χ0) is 18.0. The third-order valence-corrected chi connectivity index (χ3v) is 5.04. The second-order valence-corrected chi connectivity index (χ2v) is 7.41. The number of halogens is 1. The molecule has 2 aromatic rings. The first kappa shape index (κ1) is 18.0. The van der Waals surface area contributed by atoms with Gasteiger partial charge in [0.15, 0.2) is 5.82 Å². The van der Waals surface area contributed by atoms with E-state index in [0.29, 0.717) is 29.1 Å². The predicted molar refractivity (Wildman–Crippen MR) is 97.9 cm³/mol. The maximum atomic E-state index is 12.4. The monoisotopic (exact) mass is 381 g/mol. The summed E-state index contributed by atoms with van der Waals surface area (Å²) in [4.78, 5) is 14.2. The van der Waals surface area contributed by atoms with Gasteiger partial charge < -0.3 is 15.5 Å². The average Bonchev–Trinajstić information content (AvgIpc) is 2.93. The van der Waals surface area contributed by atoms with E-state index in [1.54, 1.807) is 12.1 Å². The van der Waals surface area contributed by atoms with Crippen LogP contribution in [0.5, 0.6) is 0 Å². The number of benzene rings is 1. The van der Waals surface area contributed by atoms with E-state index in [4.69, 9.17) is 22.2 Å². The van der Waals surface area contributed by atoms with Crippen LogP contribution in [0.1, 0.15) is 13.8 Å². The predicted octanol–water partition coefficient (Wildman–Crippen LogP) is 2.04. The first-order chi connectivity index (χ1) is 11.9. The van der Waals surface area contributed by atoms with Crippen molar-refractivity contribution in [2.75, 3.05) is 24.7 Å². The molecule has 0 saturated carbocycles. The molecular formula is C16H20ClN5O2S. The molecule has 2 atom stereocenters. The molecule has 134 valence electrons. The molecule has 2 unspecified atom stereocenters. The molecule has 1 aromatic heterocycles. The molecule has 1 saturated heterocycles. The van der Waals surface area contributed by atoms with Gasteiger partial charge in [0.25, 0.3) is 0 Å². The lowest BCUT2D eigenvalue weighted by Crippen LogP contribution is -2.48. The molecule has 9 heteroatoms. The van der Waals surface area contributed by atoms with Gasteiger partial charge in [-0.2, -0.15) is 0 Å². The van der Waals surface area contributed by atoms with Crippen LogP contribution in [0.15, 0.2) is 29.4 Å². The molecule has 2 heterocycles. The van der Waals surface area contributed by atoms with Crippen LogP contribution in [0.4, 0.5) is 0 Å². The first-order valence-corrected chi connectivity index (χ1v) is 9.33. The number of carbonyl (C=O) groups is 1. The third-order valence-electron chi connectivity index (χ3n) is 3.86. The van der Waals surface area contributed by atoms with Crippen molar-refractivity contribution >= 4 is 29.3 Å². The molecule has 1 aliphatic heterocycles. The molecule has 1 aromatic carbocycles. The van der Waals surface area contributed by atoms with Crippen LogP contribution >= 0.6 is 23.4 Å². The van der Waals surface area contributed by atoms with E-state index < -0.39 is 0 Å². The number of amides is 1. The summed E-state index contributed by atoms with van der Waals surface area (Å²) < 4.78 is 7.05. The minimum Gasteiger partial charge on any atom is -0.372 e. The lowest BCUT2D eigenvalue weighted by Gasteiger charge is -2.35. The Bertz CT molecular complexity index is 741. The largest absolute Gasteiger partial charge is 0.372 e. The number of hydrogen-bond donors (Lipinski definition) is 1. The van der Waals surface area contributed by atoms with Crippen molar-refractivity contribution in [1.29, 1.82) is 0 Å². The van der Waals surface area contributed by atoms with Gasteiger partial charge in [0.2, 0.25) is 11.1 Å². The molecule has 1 fully saturated rings. The Morgan fingerprint density at radius 3 is 2.56 bits per heavy atom. The van der Waals surface area contributed by atoms with Crippen LogP contribution in [0, 0.1) is 0 Å². The Morgan fingerprint density at radius 1 is 1.28 bits per heavy atom. The van der Waals surface area contributed by atoms with Crippen LogP contribution in [0.25, 0.3) is 11.4 Å². The Labute approximate surface area is 155 Å². The zero-order valence-electron chi connectivity index (χ0n) is 14.1. The van der Waals surface area contributed by atoms with E-state index in [9.17, 15) is 4.79 Å². The van der Waals surface area contributed by atoms with E-state index in [-0.39, 0.29) is 23.9 Å². The van der Waals surface area contributed by atoms with Crippen molar-refractivity contribution in [3.63, 3.8) is 0 Å². The summed E-state index contributed by atoms with van der Waals surface area (Å²) >= 11 is 7.17. The van der Waals surface area contributed by atoms with Crippen molar-refractivity contribution in [3.05, 3.63) is 29.3 Å². The van der Waals surface area contributed by atoms with Gasteiger partial charge >= 0.3 is 0 Å². The molecule has 2 N–H and O–H groups in total. The number of aromatic nitrogens is 3. The highest BCUT2D eigenvalue weighted by atomic mass is 35.5. The van der Waals surface area contributed by atoms with E-state index in [0.717, 1.165) is 5.56 Å². The highest BCUT2D eigenvalue weighted by Crippen LogP contribution is 2.23. The number of hydrogen-bond acceptors (Lipinski definition) is 6. The van der Waals surface area contributed by atoms with Gasteiger partial charge in [0.1, 0.15) is 0 Å². The van der Waals surface area contributed by atoms with E-state index in [2.05, 4.69) is 10.2 Å². The van der Waals surface area contributed by atoms with Crippen molar-refractivity contribution in [3.8, 4) is 11.4 Å². The molecule has 0 radical (unpaired) electrons. The first-order valence-electron chi connectivity index (χ1n) is 7.96.